The molecule has 8 heteroatoms. The van der Waals surface area contributed by atoms with Gasteiger partial charge in [0.2, 0.25) is 11.8 Å². The molecular formula is C25H38NO7+. The van der Waals surface area contributed by atoms with Crippen LogP contribution in [0.4, 0.5) is 0 Å². The Morgan fingerprint density at radius 3 is 2.06 bits per heavy atom. The lowest BCUT2D eigenvalue weighted by Gasteiger charge is -2.47. The number of hydrogen-bond donors (Lipinski definition) is 1. The minimum absolute atomic E-state index is 0.294. The number of carbonyl (C=O) groups is 3. The van der Waals surface area contributed by atoms with Gasteiger partial charge in [0.1, 0.15) is 0 Å². The number of nitrogens with zero attached hydrogens (tertiary/aromatic N) is 1. The van der Waals surface area contributed by atoms with Gasteiger partial charge in [0.15, 0.2) is 11.5 Å². The van der Waals surface area contributed by atoms with Crippen molar-refractivity contribution in [3.63, 3.8) is 0 Å². The number of methoxy groups -OCH3 is 3. The van der Waals surface area contributed by atoms with E-state index in [2.05, 4.69) is 0 Å². The molecule has 33 heavy (non-hydrogen) atoms. The Balaban J connectivity index is 2.69. The number of amides is 1. The van der Waals surface area contributed by atoms with Crippen molar-refractivity contribution in [2.24, 2.45) is 5.41 Å². The molecule has 1 aliphatic rings. The van der Waals surface area contributed by atoms with Crippen LogP contribution in [0.25, 0.3) is 0 Å². The summed E-state index contributed by atoms with van der Waals surface area (Å²) in [6.45, 7) is 7.88. The third-order valence-corrected chi connectivity index (χ3v) is 7.07. The fourth-order valence-electron chi connectivity index (χ4n) is 4.91. The maximum Gasteiger partial charge on any atom is 0.383 e. The van der Waals surface area contributed by atoms with Crippen LogP contribution in [0.3, 0.4) is 0 Å². The number of likely N-dealkylation sites (tertiary alicyclic amines) is 1. The second-order valence-corrected chi connectivity index (χ2v) is 9.34. The van der Waals surface area contributed by atoms with Crippen molar-refractivity contribution in [3.8, 4) is 17.2 Å². The molecule has 0 radical (unpaired) electrons. The highest BCUT2D eigenvalue weighted by Gasteiger charge is 2.57. The highest BCUT2D eigenvalue weighted by molar-refractivity contribution is 6.35. The van der Waals surface area contributed by atoms with Gasteiger partial charge in [0, 0.05) is 11.3 Å². The van der Waals surface area contributed by atoms with Crippen molar-refractivity contribution >= 4 is 17.7 Å². The topological polar surface area (TPSA) is 99.1 Å². The van der Waals surface area contributed by atoms with E-state index in [-0.39, 0.29) is 4.48 Å². The smallest absolute Gasteiger partial charge is 0.383 e. The predicted octanol–water partition coefficient (Wildman–Crippen LogP) is 3.80. The number of ether oxygens (including phenoxy) is 3. The largest absolute Gasteiger partial charge is 0.493 e. The standard InChI is InChI=1S/C25H37NO7/c1-8-12-26(23(28)22(27)25(3,4)9-2)13-10-11-17(20(26)24(29)30)16-14-18(31-5)21(33-7)19(15-16)32-6/h14-15,17,20H,8-13H2,1-7H3/p+1. The molecule has 2 rings (SSSR count). The summed E-state index contributed by atoms with van der Waals surface area (Å²) < 4.78 is 16.0. The second-order valence-electron chi connectivity index (χ2n) is 9.34. The number of hydrogen-bond acceptors (Lipinski definition) is 6. The fourth-order valence-corrected chi connectivity index (χ4v) is 4.91. The van der Waals surface area contributed by atoms with Crippen molar-refractivity contribution in [2.75, 3.05) is 34.4 Å². The molecule has 1 aromatic carbocycles. The van der Waals surface area contributed by atoms with Crippen LogP contribution in [-0.4, -0.2) is 67.7 Å². The molecular weight excluding hydrogens is 426 g/mol. The second kappa shape index (κ2) is 10.5. The third kappa shape index (κ3) is 4.86. The van der Waals surface area contributed by atoms with Gasteiger partial charge in [-0.3, -0.25) is 4.79 Å². The van der Waals surface area contributed by atoms with Crippen LogP contribution in [0.5, 0.6) is 17.2 Å². The van der Waals surface area contributed by atoms with Crippen LogP contribution in [0.15, 0.2) is 12.1 Å². The number of Topliss-reactive ketones (excluding diaryl/α,β-unsaturated/α-hetero) is 1. The average molecular weight is 465 g/mol. The van der Waals surface area contributed by atoms with E-state index in [4.69, 9.17) is 14.2 Å². The number of piperidine rings is 1. The number of carboxylic acid groups (broad SMARTS) is 1. The zero-order chi connectivity index (χ0) is 25.0. The molecule has 0 saturated carbocycles. The Labute approximate surface area is 196 Å². The zero-order valence-corrected chi connectivity index (χ0v) is 20.9. The lowest BCUT2D eigenvalue weighted by molar-refractivity contribution is -0.875. The SMILES string of the molecule is CCC[N+]1(C(=O)C(=O)C(C)(C)CC)CCCC(c2cc(OC)c(OC)c(OC)c2)C1C(=O)O. The number of rotatable bonds is 10. The summed E-state index contributed by atoms with van der Waals surface area (Å²) in [4.78, 5) is 39.7. The van der Waals surface area contributed by atoms with Crippen molar-refractivity contribution in [2.45, 2.75) is 65.3 Å². The molecule has 3 unspecified atom stereocenters. The van der Waals surface area contributed by atoms with Crippen molar-refractivity contribution < 1.29 is 38.2 Å². The first-order valence-corrected chi connectivity index (χ1v) is 11.5. The maximum atomic E-state index is 13.7. The Hall–Kier alpha value is -2.61. The molecule has 0 aromatic heterocycles. The summed E-state index contributed by atoms with van der Waals surface area (Å²) in [5.74, 6) is -1.44. The molecule has 1 N–H and O–H groups in total. The highest BCUT2D eigenvalue weighted by Crippen LogP contribution is 2.45. The number of aliphatic carboxylic acids is 1. The van der Waals surface area contributed by atoms with Crippen molar-refractivity contribution in [3.05, 3.63) is 17.7 Å². The first-order chi connectivity index (χ1) is 15.5. The van der Waals surface area contributed by atoms with Gasteiger partial charge in [-0.1, -0.05) is 27.7 Å². The molecule has 1 amide bonds. The first-order valence-electron chi connectivity index (χ1n) is 11.5. The van der Waals surface area contributed by atoms with Gasteiger partial charge in [-0.05, 0) is 43.4 Å². The van der Waals surface area contributed by atoms with E-state index >= 15 is 0 Å². The number of carboxylic acids is 1. The summed E-state index contributed by atoms with van der Waals surface area (Å²) in [6, 6.07) is 2.40. The van der Waals surface area contributed by atoms with Crippen molar-refractivity contribution in [1.29, 1.82) is 0 Å². The Kier molecular flexibility index (Phi) is 8.52. The summed E-state index contributed by atoms with van der Waals surface area (Å²) in [6.07, 6.45) is 2.27. The minimum Gasteiger partial charge on any atom is -0.493 e. The first kappa shape index (κ1) is 26.6. The van der Waals surface area contributed by atoms with Gasteiger partial charge >= 0.3 is 11.9 Å². The van der Waals surface area contributed by atoms with Gasteiger partial charge in [-0.15, -0.1) is 0 Å². The Morgan fingerprint density at radius 1 is 1.06 bits per heavy atom. The van der Waals surface area contributed by atoms with E-state index in [9.17, 15) is 19.5 Å². The summed E-state index contributed by atoms with van der Waals surface area (Å²) in [5.41, 5.74) is -0.163. The van der Waals surface area contributed by atoms with E-state index in [1.54, 1.807) is 26.0 Å². The molecule has 3 atom stereocenters. The number of quaternary nitrogens is 1. The number of carbonyl (C=O) groups excluding carboxylic acids is 2. The van der Waals surface area contributed by atoms with Crippen LogP contribution >= 0.6 is 0 Å². The normalized spacial score (nSPS) is 23.0. The lowest BCUT2D eigenvalue weighted by atomic mass is 9.78. The summed E-state index contributed by atoms with van der Waals surface area (Å²) in [7, 11) is 4.51. The molecule has 1 aliphatic heterocycles. The van der Waals surface area contributed by atoms with Crippen LogP contribution < -0.4 is 14.2 Å². The van der Waals surface area contributed by atoms with Gasteiger partial charge in [0.05, 0.1) is 34.4 Å². The summed E-state index contributed by atoms with van der Waals surface area (Å²) in [5, 5.41) is 10.4. The molecule has 8 nitrogen and oxygen atoms in total. The van der Waals surface area contributed by atoms with Gasteiger partial charge in [0.25, 0.3) is 5.78 Å². The third-order valence-electron chi connectivity index (χ3n) is 7.07. The number of ketones is 1. The molecule has 0 bridgehead atoms. The van der Waals surface area contributed by atoms with Gasteiger partial charge in [-0.2, -0.15) is 0 Å². The van der Waals surface area contributed by atoms with E-state index < -0.39 is 35.0 Å². The van der Waals surface area contributed by atoms with Gasteiger partial charge < -0.3 is 19.3 Å². The molecule has 1 heterocycles. The molecule has 1 aromatic rings. The zero-order valence-electron chi connectivity index (χ0n) is 20.9. The van der Waals surface area contributed by atoms with E-state index in [0.717, 1.165) is 0 Å². The minimum atomic E-state index is -1.09. The molecule has 0 aliphatic carbocycles. The molecule has 1 fully saturated rings. The quantitative estimate of drug-likeness (QED) is 0.415. The lowest BCUT2D eigenvalue weighted by Crippen LogP contribution is -2.69. The number of benzene rings is 1. The monoisotopic (exact) mass is 464 g/mol. The Morgan fingerprint density at radius 2 is 1.64 bits per heavy atom. The van der Waals surface area contributed by atoms with Crippen LogP contribution in [-0.2, 0) is 14.4 Å². The average Bonchev–Trinajstić information content (AvgIpc) is 2.81. The highest BCUT2D eigenvalue weighted by atomic mass is 16.5. The van der Waals surface area contributed by atoms with Crippen LogP contribution in [0.1, 0.15) is 64.9 Å². The van der Waals surface area contributed by atoms with E-state index in [1.165, 1.54) is 21.3 Å². The fraction of sp³-hybridized carbons (Fsp3) is 0.640. The molecule has 184 valence electrons. The predicted molar refractivity (Wildman–Crippen MR) is 124 cm³/mol. The van der Waals surface area contributed by atoms with Crippen molar-refractivity contribution in [1.82, 2.24) is 0 Å². The van der Waals surface area contributed by atoms with Gasteiger partial charge in [-0.25, -0.2) is 14.1 Å². The van der Waals surface area contributed by atoms with E-state index in [0.29, 0.717) is 61.6 Å². The Bertz CT molecular complexity index is 866. The molecule has 0 spiro atoms. The maximum absolute atomic E-state index is 13.7. The van der Waals surface area contributed by atoms with Crippen LogP contribution in [0.2, 0.25) is 0 Å². The molecule has 1 saturated heterocycles. The van der Waals surface area contributed by atoms with Crippen LogP contribution in [0, 0.1) is 5.41 Å². The van der Waals surface area contributed by atoms with E-state index in [1.807, 2.05) is 13.8 Å². The summed E-state index contributed by atoms with van der Waals surface area (Å²) >= 11 is 0.